The number of ether oxygens (including phenoxy) is 2. The molecule has 2 aromatic carbocycles. The Balaban J connectivity index is 1.98. The Morgan fingerprint density at radius 2 is 1.90 bits per heavy atom. The summed E-state index contributed by atoms with van der Waals surface area (Å²) in [6.45, 7) is 2.44. The van der Waals surface area contributed by atoms with E-state index in [0.717, 1.165) is 17.7 Å². The summed E-state index contributed by atoms with van der Waals surface area (Å²) in [5.41, 5.74) is 1.62. The number of nitrogens with zero attached hydrogens (tertiary/aromatic N) is 3. The van der Waals surface area contributed by atoms with Crippen LogP contribution in [0, 0.1) is 17.0 Å². The first-order valence-electron chi connectivity index (χ1n) is 8.95. The van der Waals surface area contributed by atoms with Crippen molar-refractivity contribution in [1.29, 1.82) is 0 Å². The molecule has 29 heavy (non-hydrogen) atoms. The van der Waals surface area contributed by atoms with Crippen molar-refractivity contribution < 1.29 is 19.2 Å². The number of rotatable bonds is 5. The highest BCUT2D eigenvalue weighted by Gasteiger charge is 2.27. The molecular weight excluding hydrogens is 394 g/mol. The third-order valence-electron chi connectivity index (χ3n) is 4.41. The smallest absolute Gasteiger partial charge is 0.311 e. The van der Waals surface area contributed by atoms with E-state index in [4.69, 9.17) is 9.47 Å². The average molecular weight is 415 g/mol. The van der Waals surface area contributed by atoms with Crippen LogP contribution in [0.2, 0.25) is 0 Å². The maximum Gasteiger partial charge on any atom is 0.311 e. The predicted octanol–water partition coefficient (Wildman–Crippen LogP) is 4.19. The SMILES string of the molecule is COc1ccc(C)cc1N=C1SCCCN1C(=O)c1ccc(OC)c([N+](=O)[O-])c1. The van der Waals surface area contributed by atoms with Crippen molar-refractivity contribution in [3.8, 4) is 11.5 Å². The highest BCUT2D eigenvalue weighted by atomic mass is 32.2. The third kappa shape index (κ3) is 4.51. The molecule has 0 atom stereocenters. The number of carbonyl (C=O) groups is 1. The summed E-state index contributed by atoms with van der Waals surface area (Å²) in [5, 5.41) is 11.8. The minimum Gasteiger partial charge on any atom is -0.494 e. The molecule has 9 heteroatoms. The summed E-state index contributed by atoms with van der Waals surface area (Å²) in [5.74, 6) is 1.22. The predicted molar refractivity (Wildman–Crippen MR) is 113 cm³/mol. The van der Waals surface area contributed by atoms with E-state index in [1.807, 2.05) is 25.1 Å². The lowest BCUT2D eigenvalue weighted by molar-refractivity contribution is -0.385. The summed E-state index contributed by atoms with van der Waals surface area (Å²) >= 11 is 1.47. The van der Waals surface area contributed by atoms with Crippen LogP contribution in [-0.2, 0) is 0 Å². The molecule has 1 heterocycles. The summed E-state index contributed by atoms with van der Waals surface area (Å²) in [4.78, 5) is 30.1. The molecule has 1 fully saturated rings. The molecule has 0 bridgehead atoms. The van der Waals surface area contributed by atoms with Gasteiger partial charge in [-0.2, -0.15) is 0 Å². The Labute approximate surface area is 172 Å². The van der Waals surface area contributed by atoms with E-state index >= 15 is 0 Å². The maximum atomic E-state index is 13.1. The van der Waals surface area contributed by atoms with Gasteiger partial charge in [0.25, 0.3) is 5.91 Å². The van der Waals surface area contributed by atoms with Crippen LogP contribution < -0.4 is 9.47 Å². The highest BCUT2D eigenvalue weighted by molar-refractivity contribution is 8.13. The van der Waals surface area contributed by atoms with Gasteiger partial charge in [-0.15, -0.1) is 0 Å². The maximum absolute atomic E-state index is 13.1. The van der Waals surface area contributed by atoms with Crippen LogP contribution in [0.1, 0.15) is 22.3 Å². The van der Waals surface area contributed by atoms with Gasteiger partial charge in [-0.25, -0.2) is 4.99 Å². The van der Waals surface area contributed by atoms with Crippen molar-refractivity contribution in [1.82, 2.24) is 4.90 Å². The number of aryl methyl sites for hydroxylation is 1. The van der Waals surface area contributed by atoms with E-state index in [0.29, 0.717) is 23.1 Å². The van der Waals surface area contributed by atoms with Gasteiger partial charge in [-0.1, -0.05) is 17.8 Å². The van der Waals surface area contributed by atoms with E-state index in [1.54, 1.807) is 12.0 Å². The molecule has 2 aromatic rings. The third-order valence-corrected chi connectivity index (χ3v) is 5.47. The topological polar surface area (TPSA) is 94.3 Å². The Morgan fingerprint density at radius 1 is 1.17 bits per heavy atom. The molecule has 152 valence electrons. The first-order chi connectivity index (χ1) is 13.9. The van der Waals surface area contributed by atoms with Crippen LogP contribution in [0.5, 0.6) is 11.5 Å². The number of thioether (sulfide) groups is 1. The number of hydrogen-bond donors (Lipinski definition) is 0. The Hall–Kier alpha value is -3.07. The number of carbonyl (C=O) groups excluding carboxylic acids is 1. The van der Waals surface area contributed by atoms with Gasteiger partial charge in [-0.3, -0.25) is 19.8 Å². The first-order valence-corrected chi connectivity index (χ1v) is 9.93. The number of hydrogen-bond acceptors (Lipinski definition) is 7. The number of nitro benzene ring substituents is 1. The summed E-state index contributed by atoms with van der Waals surface area (Å²) in [7, 11) is 2.92. The van der Waals surface area contributed by atoms with Gasteiger partial charge in [0.05, 0.1) is 19.1 Å². The van der Waals surface area contributed by atoms with Crippen molar-refractivity contribution in [3.05, 3.63) is 57.6 Å². The van der Waals surface area contributed by atoms with Crippen LogP contribution in [0.25, 0.3) is 0 Å². The number of nitro groups is 1. The van der Waals surface area contributed by atoms with Crippen molar-refractivity contribution in [2.75, 3.05) is 26.5 Å². The van der Waals surface area contributed by atoms with Crippen LogP contribution in [0.3, 0.4) is 0 Å². The van der Waals surface area contributed by atoms with Crippen molar-refractivity contribution in [2.45, 2.75) is 13.3 Å². The second-order valence-corrected chi connectivity index (χ2v) is 7.43. The monoisotopic (exact) mass is 415 g/mol. The fourth-order valence-electron chi connectivity index (χ4n) is 2.95. The quantitative estimate of drug-likeness (QED) is 0.537. The van der Waals surface area contributed by atoms with E-state index in [9.17, 15) is 14.9 Å². The van der Waals surface area contributed by atoms with Crippen LogP contribution in [0.4, 0.5) is 11.4 Å². The minimum absolute atomic E-state index is 0.109. The number of aliphatic imine (C=N–C) groups is 1. The molecule has 0 saturated carbocycles. The Bertz CT molecular complexity index is 977. The minimum atomic E-state index is -0.562. The van der Waals surface area contributed by atoms with Crippen molar-refractivity contribution in [3.63, 3.8) is 0 Å². The Kier molecular flexibility index (Phi) is 6.38. The lowest BCUT2D eigenvalue weighted by Crippen LogP contribution is -2.39. The van der Waals surface area contributed by atoms with Crippen molar-refractivity contribution in [2.24, 2.45) is 4.99 Å². The second kappa shape index (κ2) is 8.95. The molecule has 0 radical (unpaired) electrons. The van der Waals surface area contributed by atoms with Crippen LogP contribution >= 0.6 is 11.8 Å². The summed E-state index contributed by atoms with van der Waals surface area (Å²) < 4.78 is 10.4. The molecule has 1 aliphatic rings. The average Bonchev–Trinajstić information content (AvgIpc) is 2.73. The number of methoxy groups -OCH3 is 2. The molecule has 1 saturated heterocycles. The second-order valence-electron chi connectivity index (χ2n) is 6.37. The van der Waals surface area contributed by atoms with Gasteiger partial charge in [0.2, 0.25) is 0 Å². The molecule has 1 aliphatic heterocycles. The largest absolute Gasteiger partial charge is 0.494 e. The molecule has 8 nitrogen and oxygen atoms in total. The normalized spacial score (nSPS) is 15.3. The molecule has 0 N–H and O–H groups in total. The Morgan fingerprint density at radius 3 is 2.59 bits per heavy atom. The molecule has 3 rings (SSSR count). The van der Waals surface area contributed by atoms with E-state index < -0.39 is 4.92 Å². The number of amides is 1. The molecular formula is C20H21N3O5S. The molecule has 1 amide bonds. The molecule has 0 spiro atoms. The van der Waals surface area contributed by atoms with E-state index in [2.05, 4.69) is 4.99 Å². The fourth-order valence-corrected chi connectivity index (χ4v) is 3.90. The van der Waals surface area contributed by atoms with Crippen LogP contribution in [0.15, 0.2) is 41.4 Å². The number of benzene rings is 2. The van der Waals surface area contributed by atoms with Gasteiger partial charge in [0.15, 0.2) is 10.9 Å². The summed E-state index contributed by atoms with van der Waals surface area (Å²) in [6.07, 6.45) is 0.804. The standard InChI is InChI=1S/C20H21N3O5S/c1-13-5-7-17(27-2)15(11-13)21-20-22(9-4-10-29-20)19(24)14-6-8-18(28-3)16(12-14)23(25)26/h5-8,11-12H,4,9-10H2,1-3H3. The first kappa shape index (κ1) is 20.7. The van der Waals surface area contributed by atoms with Gasteiger partial charge in [0.1, 0.15) is 11.4 Å². The van der Waals surface area contributed by atoms with Crippen LogP contribution in [-0.4, -0.2) is 47.4 Å². The lowest BCUT2D eigenvalue weighted by atomic mass is 10.1. The lowest BCUT2D eigenvalue weighted by Gasteiger charge is -2.28. The molecule has 0 unspecified atom stereocenters. The fraction of sp³-hybridized carbons (Fsp3) is 0.300. The zero-order valence-corrected chi connectivity index (χ0v) is 17.2. The van der Waals surface area contributed by atoms with Crippen molar-refractivity contribution >= 4 is 34.2 Å². The van der Waals surface area contributed by atoms with Gasteiger partial charge in [-0.05, 0) is 43.2 Å². The number of amidine groups is 1. The van der Waals surface area contributed by atoms with E-state index in [1.165, 1.54) is 37.1 Å². The zero-order valence-electron chi connectivity index (χ0n) is 16.4. The highest BCUT2D eigenvalue weighted by Crippen LogP contribution is 2.33. The molecule has 0 aromatic heterocycles. The zero-order chi connectivity index (χ0) is 21.0. The molecule has 0 aliphatic carbocycles. The summed E-state index contributed by atoms with van der Waals surface area (Å²) in [6, 6.07) is 9.85. The van der Waals surface area contributed by atoms with Gasteiger partial charge in [0, 0.05) is 23.9 Å². The van der Waals surface area contributed by atoms with Gasteiger partial charge >= 0.3 is 5.69 Å². The van der Waals surface area contributed by atoms with Gasteiger partial charge < -0.3 is 9.47 Å². The van der Waals surface area contributed by atoms with E-state index in [-0.39, 0.29) is 22.9 Å².